The Balaban J connectivity index is 1.94. The molecule has 0 unspecified atom stereocenters. The molecule has 2 aromatic carbocycles. The fourth-order valence-corrected chi connectivity index (χ4v) is 6.12. The third kappa shape index (κ3) is 16.0. The van der Waals surface area contributed by atoms with Crippen molar-refractivity contribution in [3.63, 3.8) is 0 Å². The number of amides is 6. The average Bonchev–Trinajstić information content (AvgIpc) is 3.72. The molecule has 1 heterocycles. The predicted molar refractivity (Wildman–Crippen MR) is 223 cm³/mol. The number of carboxylic acid groups (broad SMARTS) is 1. The minimum atomic E-state index is -1.36. The molecule has 6 amide bonds. The van der Waals surface area contributed by atoms with Gasteiger partial charge in [0.25, 0.3) is 0 Å². The van der Waals surface area contributed by atoms with Crippen molar-refractivity contribution in [1.29, 1.82) is 0 Å². The van der Waals surface area contributed by atoms with E-state index in [4.69, 9.17) is 5.73 Å². The molecule has 3 aromatic rings. The summed E-state index contributed by atoms with van der Waals surface area (Å²) in [6.07, 6.45) is 1.51. The molecule has 0 saturated heterocycles. The zero-order chi connectivity index (χ0) is 45.4. The number of benzene rings is 2. The van der Waals surface area contributed by atoms with Crippen LogP contribution in [0.15, 0.2) is 67.1 Å². The van der Waals surface area contributed by atoms with Gasteiger partial charge in [-0.25, -0.2) is 4.98 Å². The van der Waals surface area contributed by atoms with E-state index in [1.54, 1.807) is 56.3 Å². The Morgan fingerprint density at radius 2 is 1.13 bits per heavy atom. The summed E-state index contributed by atoms with van der Waals surface area (Å²) in [4.78, 5) is 101. The van der Waals surface area contributed by atoms with Crippen LogP contribution in [0.2, 0.25) is 0 Å². The Kier molecular flexibility index (Phi) is 18.8. The fourth-order valence-electron chi connectivity index (χ4n) is 6.12. The fraction of sp³-hybridized carbons (Fsp3) is 0.476. The monoisotopic (exact) mass is 849 g/mol. The van der Waals surface area contributed by atoms with Crippen LogP contribution in [0, 0.1) is 11.8 Å². The van der Waals surface area contributed by atoms with Crippen LogP contribution in [0.5, 0.6) is 5.75 Å². The number of imidazole rings is 1. The van der Waals surface area contributed by atoms with Crippen molar-refractivity contribution in [2.24, 2.45) is 17.6 Å². The van der Waals surface area contributed by atoms with Gasteiger partial charge in [0.1, 0.15) is 48.0 Å². The number of carbonyl (C=O) groups is 7. The van der Waals surface area contributed by atoms with Crippen LogP contribution in [0.3, 0.4) is 0 Å². The number of aliphatic hydroxyl groups is 1. The Morgan fingerprint density at radius 1 is 0.639 bits per heavy atom. The lowest BCUT2D eigenvalue weighted by Crippen LogP contribution is -2.61. The van der Waals surface area contributed by atoms with Crippen LogP contribution in [-0.4, -0.2) is 115 Å². The number of aliphatic carboxylic acids is 1. The number of aromatic nitrogens is 2. The summed E-state index contributed by atoms with van der Waals surface area (Å²) in [6.45, 7) is 9.57. The normalized spacial score (nSPS) is 15.2. The first-order chi connectivity index (χ1) is 28.7. The van der Waals surface area contributed by atoms with Gasteiger partial charge in [-0.3, -0.25) is 33.6 Å². The summed E-state index contributed by atoms with van der Waals surface area (Å²) in [5.74, 6) is -6.60. The zero-order valence-corrected chi connectivity index (χ0v) is 35.2. The van der Waals surface area contributed by atoms with E-state index in [0.717, 1.165) is 0 Å². The van der Waals surface area contributed by atoms with Crippen LogP contribution < -0.4 is 37.6 Å². The summed E-state index contributed by atoms with van der Waals surface area (Å²) >= 11 is 0. The molecule has 8 atom stereocenters. The standard InChI is InChI=1S/C42H59N9O10/c1-22(2)16-30(36(54)46-24(5)42(60)61)47-37(55)31(17-26-10-8-7-9-11-26)48-38(56)32(18-27-12-14-29(53)15-13-27)50-41(59)35(23(3)4)51-39(57)33(19-28-20-44-21-45-28)49-40(58)34(43)25(6)52/h7-15,20-25,30-35,52-53H,16-19,43H2,1-6H3,(H,44,45)(H,46,54)(H,47,55)(H,48,56)(H,49,58)(H,50,59)(H,51,57)(H,60,61)/t24-,25+,30-,31-,32-,33-,34-,35-/m0/s1. The molecule has 0 fully saturated rings. The van der Waals surface area contributed by atoms with Crippen molar-refractivity contribution in [3.05, 3.63) is 83.9 Å². The molecular weight excluding hydrogens is 791 g/mol. The molecule has 0 aliphatic rings. The maximum Gasteiger partial charge on any atom is 0.325 e. The summed E-state index contributed by atoms with van der Waals surface area (Å²) in [7, 11) is 0. The van der Waals surface area contributed by atoms with Gasteiger partial charge in [0.2, 0.25) is 35.4 Å². The van der Waals surface area contributed by atoms with Crippen LogP contribution in [-0.2, 0) is 52.8 Å². The number of nitrogens with two attached hydrogens (primary N) is 1. The molecule has 19 heteroatoms. The van der Waals surface area contributed by atoms with Gasteiger partial charge in [0.15, 0.2) is 0 Å². The number of carboxylic acids is 1. The van der Waals surface area contributed by atoms with E-state index >= 15 is 0 Å². The Bertz CT molecular complexity index is 1920. The lowest BCUT2D eigenvalue weighted by atomic mass is 9.99. The van der Waals surface area contributed by atoms with Crippen molar-refractivity contribution < 1.29 is 48.9 Å². The van der Waals surface area contributed by atoms with E-state index in [0.29, 0.717) is 16.8 Å². The quantitative estimate of drug-likeness (QED) is 0.0579. The van der Waals surface area contributed by atoms with E-state index in [2.05, 4.69) is 41.9 Å². The van der Waals surface area contributed by atoms with Gasteiger partial charge in [0, 0.05) is 31.2 Å². The minimum absolute atomic E-state index is 0.0351. The lowest BCUT2D eigenvalue weighted by molar-refractivity contribution is -0.142. The third-order valence-electron chi connectivity index (χ3n) is 9.68. The number of nitrogens with one attached hydrogen (secondary N) is 7. The van der Waals surface area contributed by atoms with E-state index < -0.39 is 95.7 Å². The Labute approximate surface area is 354 Å². The van der Waals surface area contributed by atoms with Crippen LogP contribution >= 0.6 is 0 Å². The first-order valence-electron chi connectivity index (χ1n) is 20.0. The maximum atomic E-state index is 14.3. The molecule has 0 aliphatic heterocycles. The molecule has 0 radical (unpaired) electrons. The highest BCUT2D eigenvalue weighted by Gasteiger charge is 2.35. The molecule has 332 valence electrons. The molecular formula is C42H59N9O10. The number of hydrogen-bond acceptors (Lipinski definition) is 11. The van der Waals surface area contributed by atoms with Crippen molar-refractivity contribution in [3.8, 4) is 5.75 Å². The van der Waals surface area contributed by atoms with Gasteiger partial charge in [-0.15, -0.1) is 0 Å². The largest absolute Gasteiger partial charge is 0.508 e. The summed E-state index contributed by atoms with van der Waals surface area (Å²) in [5.41, 5.74) is 7.47. The van der Waals surface area contributed by atoms with Gasteiger partial charge in [-0.2, -0.15) is 0 Å². The zero-order valence-electron chi connectivity index (χ0n) is 35.2. The number of phenolic OH excluding ortho intramolecular Hbond substituents is 1. The van der Waals surface area contributed by atoms with Crippen LogP contribution in [0.1, 0.15) is 64.8 Å². The van der Waals surface area contributed by atoms with Gasteiger partial charge >= 0.3 is 5.97 Å². The SMILES string of the molecule is CC(C)C[C@H](NC(=O)[C@H](Cc1ccccc1)NC(=O)[C@H](Cc1ccc(O)cc1)NC(=O)[C@@H](NC(=O)[C@H](Cc1cnc[nH]1)NC(=O)[C@@H](N)[C@@H](C)O)C(C)C)C(=O)N[C@@H](C)C(=O)O. The number of H-pyrrole nitrogens is 1. The Hall–Kier alpha value is -6.34. The number of aromatic amines is 1. The highest BCUT2D eigenvalue weighted by Crippen LogP contribution is 2.14. The predicted octanol–water partition coefficient (Wildman–Crippen LogP) is -0.433. The third-order valence-corrected chi connectivity index (χ3v) is 9.68. The minimum Gasteiger partial charge on any atom is -0.508 e. The molecule has 12 N–H and O–H groups in total. The number of rotatable bonds is 23. The van der Waals surface area contributed by atoms with Crippen LogP contribution in [0.25, 0.3) is 0 Å². The number of hydrogen-bond donors (Lipinski definition) is 11. The molecule has 0 spiro atoms. The second kappa shape index (κ2) is 23.4. The molecule has 0 bridgehead atoms. The van der Waals surface area contributed by atoms with Crippen LogP contribution in [0.4, 0.5) is 0 Å². The van der Waals surface area contributed by atoms with Gasteiger partial charge < -0.3 is 57.9 Å². The number of carbonyl (C=O) groups excluding carboxylic acids is 6. The van der Waals surface area contributed by atoms with Crippen molar-refractivity contribution >= 4 is 41.4 Å². The first-order valence-corrected chi connectivity index (χ1v) is 20.0. The molecule has 0 saturated carbocycles. The first kappa shape index (κ1) is 49.0. The molecule has 0 aliphatic carbocycles. The maximum absolute atomic E-state index is 14.3. The molecule has 19 nitrogen and oxygen atoms in total. The topological polar surface area (TPSA) is 307 Å². The number of aliphatic hydroxyl groups excluding tert-OH is 1. The van der Waals surface area contributed by atoms with Gasteiger partial charge in [-0.05, 0) is 55.4 Å². The summed E-state index contributed by atoms with van der Waals surface area (Å²) in [5, 5.41) is 44.9. The second-order valence-corrected chi connectivity index (χ2v) is 15.8. The number of phenols is 1. The lowest BCUT2D eigenvalue weighted by Gasteiger charge is -2.29. The van der Waals surface area contributed by atoms with Crippen molar-refractivity contribution in [2.75, 3.05) is 0 Å². The van der Waals surface area contributed by atoms with E-state index in [9.17, 15) is 48.9 Å². The summed E-state index contributed by atoms with van der Waals surface area (Å²) < 4.78 is 0. The average molecular weight is 850 g/mol. The Morgan fingerprint density at radius 3 is 1.64 bits per heavy atom. The second-order valence-electron chi connectivity index (χ2n) is 15.8. The summed E-state index contributed by atoms with van der Waals surface area (Å²) in [6, 6.07) is 5.70. The molecule has 3 rings (SSSR count). The molecule has 61 heavy (non-hydrogen) atoms. The molecule has 1 aromatic heterocycles. The van der Waals surface area contributed by atoms with E-state index in [1.165, 1.54) is 38.5 Å². The number of aromatic hydroxyl groups is 1. The van der Waals surface area contributed by atoms with Gasteiger partial charge in [0.05, 0.1) is 12.4 Å². The van der Waals surface area contributed by atoms with Crippen molar-refractivity contribution in [1.82, 2.24) is 41.9 Å². The van der Waals surface area contributed by atoms with Crippen molar-refractivity contribution in [2.45, 2.75) is 116 Å². The van der Waals surface area contributed by atoms with E-state index in [-0.39, 0.29) is 37.4 Å². The highest BCUT2D eigenvalue weighted by atomic mass is 16.4. The smallest absolute Gasteiger partial charge is 0.325 e. The number of nitrogens with zero attached hydrogens (tertiary/aromatic N) is 1. The highest BCUT2D eigenvalue weighted by molar-refractivity contribution is 5.97. The van der Waals surface area contributed by atoms with E-state index in [1.807, 2.05) is 13.8 Å². The van der Waals surface area contributed by atoms with Gasteiger partial charge in [-0.1, -0.05) is 70.2 Å².